The van der Waals surface area contributed by atoms with E-state index in [0.29, 0.717) is 12.3 Å². The summed E-state index contributed by atoms with van der Waals surface area (Å²) in [4.78, 5) is 12.1. The van der Waals surface area contributed by atoms with Crippen molar-refractivity contribution in [2.45, 2.75) is 44.2 Å². The van der Waals surface area contributed by atoms with Gasteiger partial charge in [0, 0.05) is 11.3 Å². The molecule has 0 aromatic carbocycles. The number of alkyl halides is 1. The van der Waals surface area contributed by atoms with Crippen LogP contribution in [0.25, 0.3) is 0 Å². The summed E-state index contributed by atoms with van der Waals surface area (Å²) < 4.78 is 0. The molecule has 16 heavy (non-hydrogen) atoms. The van der Waals surface area contributed by atoms with Crippen molar-refractivity contribution in [3.63, 3.8) is 0 Å². The second-order valence-corrected chi connectivity index (χ2v) is 5.58. The Morgan fingerprint density at radius 3 is 2.69 bits per heavy atom. The predicted octanol–water partition coefficient (Wildman–Crippen LogP) is 1.56. The molecular weight excluding hydrogens is 224 g/mol. The highest BCUT2D eigenvalue weighted by Crippen LogP contribution is 2.64. The summed E-state index contributed by atoms with van der Waals surface area (Å²) in [6, 6.07) is 0. The molecule has 1 saturated heterocycles. The van der Waals surface area contributed by atoms with Gasteiger partial charge in [0.05, 0.1) is 5.54 Å². The average molecular weight is 243 g/mol. The fourth-order valence-electron chi connectivity index (χ4n) is 3.61. The second kappa shape index (κ2) is 3.23. The second-order valence-electron chi connectivity index (χ2n) is 5.21. The first kappa shape index (κ1) is 11.9. The van der Waals surface area contributed by atoms with E-state index < -0.39 is 5.54 Å². The molecule has 1 amide bonds. The quantitative estimate of drug-likeness (QED) is 0.583. The van der Waals surface area contributed by atoms with Crippen LogP contribution in [0.5, 0.6) is 0 Å². The van der Waals surface area contributed by atoms with Crippen molar-refractivity contribution in [3.05, 3.63) is 12.2 Å². The number of halogens is 1. The summed E-state index contributed by atoms with van der Waals surface area (Å²) in [6.45, 7) is 8.14. The number of carbonyl (C=O) groups excluding carboxylic acids is 1. The van der Waals surface area contributed by atoms with E-state index in [4.69, 9.17) is 17.3 Å². The van der Waals surface area contributed by atoms with Crippen LogP contribution in [0.3, 0.4) is 0 Å². The Morgan fingerprint density at radius 1 is 1.62 bits per heavy atom. The summed E-state index contributed by atoms with van der Waals surface area (Å²) in [5.41, 5.74) is 6.05. The molecule has 4 heteroatoms. The smallest absolute Gasteiger partial charge is 0.241 e. The molecule has 3 nitrogen and oxygen atoms in total. The Morgan fingerprint density at radius 2 is 2.25 bits per heavy atom. The lowest BCUT2D eigenvalue weighted by molar-refractivity contribution is -0.125. The molecule has 3 N–H and O–H groups in total. The maximum Gasteiger partial charge on any atom is 0.241 e. The number of nitrogens with two attached hydrogens (primary N) is 1. The molecular formula is C12H19ClN2O. The minimum atomic E-state index is -0.834. The molecule has 90 valence electrons. The van der Waals surface area contributed by atoms with E-state index in [2.05, 4.69) is 18.8 Å². The van der Waals surface area contributed by atoms with Crippen molar-refractivity contribution in [3.8, 4) is 0 Å². The summed E-state index contributed by atoms with van der Waals surface area (Å²) >= 11 is 5.79. The largest absolute Gasteiger partial charge is 0.345 e. The molecule has 1 aliphatic carbocycles. The van der Waals surface area contributed by atoms with Gasteiger partial charge in [-0.3, -0.25) is 4.79 Å². The molecule has 2 rings (SSSR count). The van der Waals surface area contributed by atoms with Crippen molar-refractivity contribution >= 4 is 17.5 Å². The van der Waals surface area contributed by atoms with Gasteiger partial charge < -0.3 is 11.1 Å². The van der Waals surface area contributed by atoms with Gasteiger partial charge in [-0.1, -0.05) is 19.1 Å². The first-order valence-electron chi connectivity index (χ1n) is 5.73. The van der Waals surface area contributed by atoms with Crippen molar-refractivity contribution in [1.29, 1.82) is 0 Å². The number of nitrogens with one attached hydrogen (secondary N) is 1. The zero-order valence-electron chi connectivity index (χ0n) is 9.90. The van der Waals surface area contributed by atoms with Gasteiger partial charge >= 0.3 is 0 Å². The van der Waals surface area contributed by atoms with Crippen molar-refractivity contribution in [2.24, 2.45) is 11.1 Å². The van der Waals surface area contributed by atoms with Crippen LogP contribution >= 0.6 is 11.6 Å². The van der Waals surface area contributed by atoms with Gasteiger partial charge in [0.1, 0.15) is 5.54 Å². The zero-order valence-corrected chi connectivity index (χ0v) is 10.7. The maximum absolute atomic E-state index is 12.1. The molecule has 0 unspecified atom stereocenters. The van der Waals surface area contributed by atoms with Crippen molar-refractivity contribution < 1.29 is 4.79 Å². The van der Waals surface area contributed by atoms with Gasteiger partial charge in [-0.2, -0.15) is 0 Å². The lowest BCUT2D eigenvalue weighted by Crippen LogP contribution is -2.68. The highest BCUT2D eigenvalue weighted by atomic mass is 35.5. The van der Waals surface area contributed by atoms with E-state index in [1.807, 2.05) is 6.92 Å². The van der Waals surface area contributed by atoms with Gasteiger partial charge in [0.2, 0.25) is 5.91 Å². The number of rotatable bonds is 3. The van der Waals surface area contributed by atoms with Crippen molar-refractivity contribution in [2.75, 3.05) is 5.88 Å². The molecule has 3 atom stereocenters. The fourth-order valence-corrected chi connectivity index (χ4v) is 3.91. The molecule has 0 spiro atoms. The van der Waals surface area contributed by atoms with Crippen LogP contribution in [0, 0.1) is 5.41 Å². The van der Waals surface area contributed by atoms with Crippen LogP contribution in [0.15, 0.2) is 12.2 Å². The van der Waals surface area contributed by atoms with Gasteiger partial charge in [-0.25, -0.2) is 0 Å². The third-order valence-electron chi connectivity index (χ3n) is 4.89. The van der Waals surface area contributed by atoms with Gasteiger partial charge in [-0.15, -0.1) is 11.6 Å². The molecule has 1 saturated carbocycles. The number of fused-ring (bicyclic) bond motifs is 1. The van der Waals surface area contributed by atoms with Crippen molar-refractivity contribution in [1.82, 2.24) is 5.32 Å². The standard InChI is InChI=1S/C12H19ClN2O/c1-4-11-7-8(2)10(11,3)15-9(16)12(11,14)5-6-13/h2,4-7,14H2,1,3H3,(H,15,16)/t10-,11+,12+/m0/s1. The molecule has 0 bridgehead atoms. The summed E-state index contributed by atoms with van der Waals surface area (Å²) in [6.07, 6.45) is 2.22. The normalized spacial score (nSPS) is 46.2. The molecule has 1 heterocycles. The van der Waals surface area contributed by atoms with E-state index >= 15 is 0 Å². The third-order valence-corrected chi connectivity index (χ3v) is 5.08. The molecule has 2 aliphatic rings. The minimum absolute atomic E-state index is 0.0730. The Kier molecular flexibility index (Phi) is 2.41. The highest BCUT2D eigenvalue weighted by Gasteiger charge is 2.74. The van der Waals surface area contributed by atoms with E-state index in [1.54, 1.807) is 0 Å². The van der Waals surface area contributed by atoms with Gasteiger partial charge in [0.25, 0.3) is 0 Å². The molecule has 0 aromatic rings. The van der Waals surface area contributed by atoms with E-state index in [1.165, 1.54) is 0 Å². The summed E-state index contributed by atoms with van der Waals surface area (Å²) in [5, 5.41) is 3.02. The first-order chi connectivity index (χ1) is 7.38. The molecule has 1 aliphatic heterocycles. The van der Waals surface area contributed by atoms with Crippen LogP contribution in [-0.4, -0.2) is 22.9 Å². The van der Waals surface area contributed by atoms with E-state index in [9.17, 15) is 4.79 Å². The Hall–Kier alpha value is -0.540. The monoisotopic (exact) mass is 242 g/mol. The SMILES string of the molecule is C=C1C[C@@]2(CC)[C@@](N)(CCCl)C(=O)N[C@@]12C. The van der Waals surface area contributed by atoms with Crippen LogP contribution in [0.1, 0.15) is 33.1 Å². The van der Waals surface area contributed by atoms with Crippen LogP contribution in [0.2, 0.25) is 0 Å². The van der Waals surface area contributed by atoms with Crippen LogP contribution < -0.4 is 11.1 Å². The number of carbonyl (C=O) groups is 1. The summed E-state index contributed by atoms with van der Waals surface area (Å²) in [5.74, 6) is 0.338. The highest BCUT2D eigenvalue weighted by molar-refractivity contribution is 6.18. The van der Waals surface area contributed by atoms with Crippen LogP contribution in [-0.2, 0) is 4.79 Å². The average Bonchev–Trinajstić information content (AvgIpc) is 2.36. The molecule has 2 fully saturated rings. The maximum atomic E-state index is 12.1. The topological polar surface area (TPSA) is 55.1 Å². The third kappa shape index (κ3) is 0.968. The Labute approximate surface area is 101 Å². The number of amides is 1. The lowest BCUT2D eigenvalue weighted by Gasteiger charge is -2.59. The zero-order chi connectivity index (χ0) is 12.2. The Balaban J connectivity index is 2.48. The Bertz CT molecular complexity index is 370. The summed E-state index contributed by atoms with van der Waals surface area (Å²) in [7, 11) is 0. The first-order valence-corrected chi connectivity index (χ1v) is 6.27. The number of hydrogen-bond acceptors (Lipinski definition) is 2. The lowest BCUT2D eigenvalue weighted by atomic mass is 9.46. The number of hydrogen-bond donors (Lipinski definition) is 2. The molecule has 0 radical (unpaired) electrons. The van der Waals surface area contributed by atoms with E-state index in [-0.39, 0.29) is 16.9 Å². The van der Waals surface area contributed by atoms with E-state index in [0.717, 1.165) is 18.4 Å². The van der Waals surface area contributed by atoms with Crippen LogP contribution in [0.4, 0.5) is 0 Å². The minimum Gasteiger partial charge on any atom is -0.345 e. The fraction of sp³-hybridized carbons (Fsp3) is 0.750. The predicted molar refractivity (Wildman–Crippen MR) is 65.3 cm³/mol. The van der Waals surface area contributed by atoms with Gasteiger partial charge in [-0.05, 0) is 26.2 Å². The van der Waals surface area contributed by atoms with Gasteiger partial charge in [0.15, 0.2) is 0 Å². The molecule has 0 aromatic heterocycles.